The molecule has 0 atom stereocenters. The zero-order valence-corrected chi connectivity index (χ0v) is 16.3. The van der Waals surface area contributed by atoms with Crippen molar-refractivity contribution in [2.45, 2.75) is 25.7 Å². The van der Waals surface area contributed by atoms with Crippen LogP contribution >= 0.6 is 0 Å². The van der Waals surface area contributed by atoms with Crippen molar-refractivity contribution in [3.8, 4) is 5.75 Å². The summed E-state index contributed by atoms with van der Waals surface area (Å²) >= 11 is 0. The number of anilines is 2. The van der Waals surface area contributed by atoms with E-state index in [9.17, 15) is 9.90 Å². The van der Waals surface area contributed by atoms with Crippen LogP contribution in [0.2, 0.25) is 0 Å². The highest BCUT2D eigenvalue weighted by Gasteiger charge is 2.16. The zero-order chi connectivity index (χ0) is 19.8. The molecular formula is C22H30N4O2. The number of nitrogens with zero attached hydrogens (tertiary/aromatic N) is 2. The van der Waals surface area contributed by atoms with Gasteiger partial charge in [0.1, 0.15) is 5.75 Å². The van der Waals surface area contributed by atoms with Crippen molar-refractivity contribution in [1.29, 1.82) is 0 Å². The van der Waals surface area contributed by atoms with Crippen molar-refractivity contribution in [3.63, 3.8) is 0 Å². The Kier molecular flexibility index (Phi) is 7.14. The summed E-state index contributed by atoms with van der Waals surface area (Å²) < 4.78 is 0. The van der Waals surface area contributed by atoms with Crippen LogP contribution in [0.3, 0.4) is 0 Å². The van der Waals surface area contributed by atoms with Crippen molar-refractivity contribution < 1.29 is 9.90 Å². The minimum absolute atomic E-state index is 0.0391. The number of para-hydroxylation sites is 1. The van der Waals surface area contributed by atoms with Crippen molar-refractivity contribution in [2.75, 3.05) is 42.9 Å². The standard InChI is InChI=1S/C22H30N4O2/c23-22(28)24-20-17-18(10-11-21(20)27)7-3-2-6-12-25-13-15-26(16-14-25)19-8-4-1-5-9-19/h1,4-5,8-11,17,27H,2-3,6-7,12-16H2,(H3,23,24,28). The second-order valence-corrected chi connectivity index (χ2v) is 7.32. The Bertz CT molecular complexity index is 758. The normalized spacial score (nSPS) is 14.8. The zero-order valence-electron chi connectivity index (χ0n) is 16.3. The van der Waals surface area contributed by atoms with E-state index in [-0.39, 0.29) is 5.75 Å². The van der Waals surface area contributed by atoms with Gasteiger partial charge < -0.3 is 21.1 Å². The SMILES string of the molecule is NC(=O)Nc1cc(CCCCCN2CCN(c3ccccc3)CC2)ccc1O. The van der Waals surface area contributed by atoms with Gasteiger partial charge in [-0.2, -0.15) is 0 Å². The number of hydrogen-bond acceptors (Lipinski definition) is 4. The van der Waals surface area contributed by atoms with Gasteiger partial charge in [-0.3, -0.25) is 4.90 Å². The number of primary amides is 1. The lowest BCUT2D eigenvalue weighted by atomic mass is 10.1. The average Bonchev–Trinajstić information content (AvgIpc) is 2.71. The number of nitrogens with one attached hydrogen (secondary N) is 1. The molecule has 0 aliphatic carbocycles. The summed E-state index contributed by atoms with van der Waals surface area (Å²) in [6.07, 6.45) is 4.37. The molecule has 3 rings (SSSR count). The molecule has 1 heterocycles. The van der Waals surface area contributed by atoms with Gasteiger partial charge in [-0.05, 0) is 55.6 Å². The molecule has 1 aliphatic heterocycles. The fraction of sp³-hybridized carbons (Fsp3) is 0.409. The summed E-state index contributed by atoms with van der Waals surface area (Å²) in [5, 5.41) is 12.2. The van der Waals surface area contributed by atoms with E-state index >= 15 is 0 Å². The van der Waals surface area contributed by atoms with Crippen molar-refractivity contribution >= 4 is 17.4 Å². The van der Waals surface area contributed by atoms with Gasteiger partial charge >= 0.3 is 6.03 Å². The molecule has 4 N–H and O–H groups in total. The minimum atomic E-state index is -0.667. The van der Waals surface area contributed by atoms with E-state index in [1.807, 2.05) is 6.07 Å². The second-order valence-electron chi connectivity index (χ2n) is 7.32. The van der Waals surface area contributed by atoms with Crippen LogP contribution in [0.4, 0.5) is 16.2 Å². The van der Waals surface area contributed by atoms with E-state index in [2.05, 4.69) is 45.4 Å². The first kappa shape index (κ1) is 20.0. The van der Waals surface area contributed by atoms with Crippen LogP contribution in [-0.4, -0.2) is 48.8 Å². The van der Waals surface area contributed by atoms with Crippen LogP contribution in [0.1, 0.15) is 24.8 Å². The van der Waals surface area contributed by atoms with Crippen LogP contribution in [-0.2, 0) is 6.42 Å². The Balaban J connectivity index is 1.33. The third-order valence-electron chi connectivity index (χ3n) is 5.25. The number of urea groups is 1. The van der Waals surface area contributed by atoms with E-state index in [4.69, 9.17) is 5.73 Å². The maximum absolute atomic E-state index is 11.0. The number of aryl methyl sites for hydroxylation is 1. The van der Waals surface area contributed by atoms with Gasteiger partial charge in [0.05, 0.1) is 5.69 Å². The Morgan fingerprint density at radius 3 is 2.46 bits per heavy atom. The second kappa shape index (κ2) is 9.99. The van der Waals surface area contributed by atoms with Crippen molar-refractivity contribution in [1.82, 2.24) is 4.90 Å². The lowest BCUT2D eigenvalue weighted by molar-refractivity contribution is 0.252. The summed E-state index contributed by atoms with van der Waals surface area (Å²) in [5.41, 5.74) is 7.92. The summed E-state index contributed by atoms with van der Waals surface area (Å²) in [7, 11) is 0. The molecule has 1 saturated heterocycles. The third-order valence-corrected chi connectivity index (χ3v) is 5.25. The third kappa shape index (κ3) is 5.89. The van der Waals surface area contributed by atoms with Gasteiger partial charge in [0, 0.05) is 31.9 Å². The highest BCUT2D eigenvalue weighted by Crippen LogP contribution is 2.25. The number of piperazine rings is 1. The minimum Gasteiger partial charge on any atom is -0.506 e. The number of carbonyl (C=O) groups is 1. The number of phenolic OH excluding ortho intramolecular Hbond substituents is 1. The number of amides is 2. The lowest BCUT2D eigenvalue weighted by Crippen LogP contribution is -2.46. The van der Waals surface area contributed by atoms with Gasteiger partial charge in [0.2, 0.25) is 0 Å². The number of aromatic hydroxyl groups is 1. The van der Waals surface area contributed by atoms with E-state index in [1.54, 1.807) is 12.1 Å². The number of carbonyl (C=O) groups excluding carboxylic acids is 1. The van der Waals surface area contributed by atoms with Gasteiger partial charge in [0.25, 0.3) is 0 Å². The van der Waals surface area contributed by atoms with Gasteiger partial charge in [-0.1, -0.05) is 30.7 Å². The molecule has 0 aromatic heterocycles. The Morgan fingerprint density at radius 2 is 1.75 bits per heavy atom. The summed E-state index contributed by atoms with van der Waals surface area (Å²) in [5.74, 6) is 0.0391. The summed E-state index contributed by atoms with van der Waals surface area (Å²) in [6.45, 7) is 5.57. The van der Waals surface area contributed by atoms with Crippen molar-refractivity contribution in [3.05, 3.63) is 54.1 Å². The maximum Gasteiger partial charge on any atom is 0.316 e. The molecule has 0 radical (unpaired) electrons. The molecule has 0 bridgehead atoms. The highest BCUT2D eigenvalue weighted by atomic mass is 16.3. The average molecular weight is 383 g/mol. The summed E-state index contributed by atoms with van der Waals surface area (Å²) in [6, 6.07) is 15.3. The smallest absolute Gasteiger partial charge is 0.316 e. The largest absolute Gasteiger partial charge is 0.506 e. The lowest BCUT2D eigenvalue weighted by Gasteiger charge is -2.36. The fourth-order valence-electron chi connectivity index (χ4n) is 3.68. The van der Waals surface area contributed by atoms with Crippen LogP contribution in [0, 0.1) is 0 Å². The molecule has 6 nitrogen and oxygen atoms in total. The van der Waals surface area contributed by atoms with Gasteiger partial charge in [-0.15, -0.1) is 0 Å². The number of hydrogen-bond donors (Lipinski definition) is 3. The van der Waals surface area contributed by atoms with Crippen LogP contribution < -0.4 is 16.0 Å². The van der Waals surface area contributed by atoms with E-state index < -0.39 is 6.03 Å². The number of nitrogens with two attached hydrogens (primary N) is 1. The topological polar surface area (TPSA) is 81.8 Å². The Morgan fingerprint density at radius 1 is 1.00 bits per heavy atom. The van der Waals surface area contributed by atoms with E-state index in [0.717, 1.165) is 51.1 Å². The summed E-state index contributed by atoms with van der Waals surface area (Å²) in [4.78, 5) is 16.0. The first-order valence-electron chi connectivity index (χ1n) is 10.0. The van der Waals surface area contributed by atoms with E-state index in [0.29, 0.717) is 5.69 Å². The van der Waals surface area contributed by atoms with Crippen LogP contribution in [0.15, 0.2) is 48.5 Å². The Hall–Kier alpha value is -2.73. The molecule has 1 fully saturated rings. The molecule has 2 amide bonds. The molecule has 28 heavy (non-hydrogen) atoms. The quantitative estimate of drug-likeness (QED) is 0.483. The highest BCUT2D eigenvalue weighted by molar-refractivity contribution is 5.89. The van der Waals surface area contributed by atoms with Crippen LogP contribution in [0.5, 0.6) is 5.75 Å². The molecule has 0 unspecified atom stereocenters. The number of rotatable bonds is 8. The molecule has 1 aliphatic rings. The molecule has 2 aromatic carbocycles. The predicted molar refractivity (Wildman–Crippen MR) is 114 cm³/mol. The maximum atomic E-state index is 11.0. The molecule has 0 spiro atoms. The first-order chi connectivity index (χ1) is 13.6. The molecular weight excluding hydrogens is 352 g/mol. The van der Waals surface area contributed by atoms with E-state index in [1.165, 1.54) is 18.5 Å². The van der Waals surface area contributed by atoms with Crippen molar-refractivity contribution in [2.24, 2.45) is 5.73 Å². The Labute approximate surface area is 166 Å². The molecule has 150 valence electrons. The number of benzene rings is 2. The van der Waals surface area contributed by atoms with Crippen LogP contribution in [0.25, 0.3) is 0 Å². The number of unbranched alkanes of at least 4 members (excludes halogenated alkanes) is 2. The number of phenols is 1. The molecule has 2 aromatic rings. The first-order valence-corrected chi connectivity index (χ1v) is 10.0. The monoisotopic (exact) mass is 382 g/mol. The molecule has 0 saturated carbocycles. The molecule has 6 heteroatoms. The predicted octanol–water partition coefficient (Wildman–Crippen LogP) is 3.42. The van der Waals surface area contributed by atoms with Gasteiger partial charge in [-0.25, -0.2) is 4.79 Å². The fourth-order valence-corrected chi connectivity index (χ4v) is 3.68. The van der Waals surface area contributed by atoms with Gasteiger partial charge in [0.15, 0.2) is 0 Å².